The number of rotatable bonds is 4. The zero-order valence-corrected chi connectivity index (χ0v) is 10.8. The maximum atomic E-state index is 5.10. The second kappa shape index (κ2) is 8.92. The second-order valence-corrected chi connectivity index (χ2v) is 2.95. The third-order valence-electron chi connectivity index (χ3n) is 1.94. The van der Waals surface area contributed by atoms with Crippen molar-refractivity contribution in [3.05, 3.63) is 35.4 Å². The third kappa shape index (κ3) is 4.45. The van der Waals surface area contributed by atoms with E-state index in [1.165, 1.54) is 0 Å². The summed E-state index contributed by atoms with van der Waals surface area (Å²) >= 11 is 0. The Bertz CT molecular complexity index is 321. The summed E-state index contributed by atoms with van der Waals surface area (Å²) in [6.45, 7) is 6.50. The van der Waals surface area contributed by atoms with Crippen LogP contribution in [0.2, 0.25) is 0 Å². The van der Waals surface area contributed by atoms with Crippen LogP contribution in [0.3, 0.4) is 0 Å². The largest absolute Gasteiger partial charge is 0.399 e. The molecule has 1 rings (SSSR count). The number of hydrogen-bond acceptors (Lipinski definition) is 3. The Balaban J connectivity index is 0.00000106. The molecule has 3 heteroatoms. The van der Waals surface area contributed by atoms with E-state index >= 15 is 0 Å². The summed E-state index contributed by atoms with van der Waals surface area (Å²) < 4.78 is 5.10. The number of methoxy groups -OCH3 is 1. The van der Waals surface area contributed by atoms with E-state index in [4.69, 9.17) is 9.57 Å². The fourth-order valence-electron chi connectivity index (χ4n) is 1.34. The Morgan fingerprint density at radius 3 is 2.38 bits per heavy atom. The first-order valence-electron chi connectivity index (χ1n) is 5.44. The molecule has 0 radical (unpaired) electrons. The maximum absolute atomic E-state index is 5.10. The zero-order chi connectivity index (χ0) is 12.4. The molecule has 0 aliphatic heterocycles. The molecular weight excluding hydrogens is 202 g/mol. The van der Waals surface area contributed by atoms with Gasteiger partial charge in [-0.15, -0.1) is 0 Å². The van der Waals surface area contributed by atoms with Crippen LogP contribution in [0.4, 0.5) is 0 Å². The minimum Gasteiger partial charge on any atom is -0.399 e. The Labute approximate surface area is 98.1 Å². The lowest BCUT2D eigenvalue weighted by Gasteiger charge is -2.07. The molecule has 0 spiro atoms. The highest BCUT2D eigenvalue weighted by Crippen LogP contribution is 2.11. The number of ether oxygens (including phenoxy) is 1. The molecule has 3 nitrogen and oxygen atoms in total. The van der Waals surface area contributed by atoms with E-state index in [9.17, 15) is 0 Å². The molecule has 1 aromatic rings. The number of benzene rings is 1. The zero-order valence-electron chi connectivity index (χ0n) is 10.8. The molecule has 0 saturated heterocycles. The van der Waals surface area contributed by atoms with Crippen LogP contribution in [0.15, 0.2) is 29.4 Å². The average molecular weight is 223 g/mol. The van der Waals surface area contributed by atoms with Gasteiger partial charge < -0.3 is 9.57 Å². The fraction of sp³-hybridized carbons (Fsp3) is 0.462. The molecule has 0 saturated carbocycles. The highest BCUT2D eigenvalue weighted by atomic mass is 16.6. The van der Waals surface area contributed by atoms with Gasteiger partial charge in [0.2, 0.25) is 0 Å². The predicted molar refractivity (Wildman–Crippen MR) is 67.7 cm³/mol. The van der Waals surface area contributed by atoms with Gasteiger partial charge in [-0.1, -0.05) is 43.3 Å². The minimum absolute atomic E-state index is 0.590. The van der Waals surface area contributed by atoms with Crippen LogP contribution in [0, 0.1) is 0 Å². The molecule has 0 fully saturated rings. The number of hydrogen-bond donors (Lipinski definition) is 0. The molecule has 90 valence electrons. The van der Waals surface area contributed by atoms with Crippen LogP contribution in [0.25, 0.3) is 0 Å². The summed E-state index contributed by atoms with van der Waals surface area (Å²) in [5.74, 6) is 0. The molecule has 0 aliphatic rings. The molecule has 0 aromatic heterocycles. The van der Waals surface area contributed by atoms with Gasteiger partial charge in [0.15, 0.2) is 0 Å². The smallest absolute Gasteiger partial charge is 0.106 e. The van der Waals surface area contributed by atoms with Crippen LogP contribution in [0.1, 0.15) is 31.9 Å². The highest BCUT2D eigenvalue weighted by molar-refractivity contribution is 5.99. The molecule has 0 N–H and O–H groups in total. The van der Waals surface area contributed by atoms with Crippen molar-refractivity contribution in [2.75, 3.05) is 14.2 Å². The summed E-state index contributed by atoms with van der Waals surface area (Å²) in [6, 6.07) is 7.99. The summed E-state index contributed by atoms with van der Waals surface area (Å²) in [5.41, 5.74) is 3.05. The Kier molecular flexibility index (Phi) is 8.17. The average Bonchev–Trinajstić information content (AvgIpc) is 2.33. The Morgan fingerprint density at radius 1 is 1.19 bits per heavy atom. The highest BCUT2D eigenvalue weighted by Gasteiger charge is 2.04. The van der Waals surface area contributed by atoms with Gasteiger partial charge in [-0.3, -0.25) is 0 Å². The first-order valence-corrected chi connectivity index (χ1v) is 5.44. The molecule has 0 atom stereocenters. The quantitative estimate of drug-likeness (QED) is 0.579. The lowest BCUT2D eigenvalue weighted by molar-refractivity contribution is 0.184. The van der Waals surface area contributed by atoms with Crippen molar-refractivity contribution in [1.29, 1.82) is 0 Å². The van der Waals surface area contributed by atoms with Gasteiger partial charge in [0.25, 0.3) is 0 Å². The standard InChI is InChI=1S/C11H15NO2.C2H6/c1-9(12-14-3)11-7-5-4-6-10(11)8-13-2;1-2/h4-7H,8H2,1-3H3;1-2H3/b12-9-;. The van der Waals surface area contributed by atoms with Gasteiger partial charge >= 0.3 is 0 Å². The first kappa shape index (κ1) is 14.6. The van der Waals surface area contributed by atoms with Crippen LogP contribution in [-0.2, 0) is 16.2 Å². The molecular formula is C13H21NO2. The van der Waals surface area contributed by atoms with Crippen molar-refractivity contribution in [2.24, 2.45) is 5.16 Å². The van der Waals surface area contributed by atoms with Gasteiger partial charge in [0.1, 0.15) is 7.11 Å². The molecule has 0 heterocycles. The van der Waals surface area contributed by atoms with Crippen molar-refractivity contribution in [3.8, 4) is 0 Å². The minimum atomic E-state index is 0.590. The lowest BCUT2D eigenvalue weighted by Crippen LogP contribution is -2.02. The van der Waals surface area contributed by atoms with Gasteiger partial charge in [-0.25, -0.2) is 0 Å². The van der Waals surface area contributed by atoms with Crippen molar-refractivity contribution < 1.29 is 9.57 Å². The summed E-state index contributed by atoms with van der Waals surface area (Å²) in [4.78, 5) is 4.74. The van der Waals surface area contributed by atoms with Crippen molar-refractivity contribution >= 4 is 5.71 Å². The molecule has 0 amide bonds. The summed E-state index contributed by atoms with van der Waals surface area (Å²) in [6.07, 6.45) is 0. The SMILES string of the molecule is CC.COCc1ccccc1/C(C)=N\OC. The fourth-order valence-corrected chi connectivity index (χ4v) is 1.34. The van der Waals surface area contributed by atoms with Crippen LogP contribution in [-0.4, -0.2) is 19.9 Å². The van der Waals surface area contributed by atoms with E-state index < -0.39 is 0 Å². The third-order valence-corrected chi connectivity index (χ3v) is 1.94. The van der Waals surface area contributed by atoms with E-state index in [0.29, 0.717) is 6.61 Å². The Morgan fingerprint density at radius 2 is 1.81 bits per heavy atom. The Hall–Kier alpha value is -1.35. The van der Waals surface area contributed by atoms with Gasteiger partial charge in [-0.2, -0.15) is 0 Å². The topological polar surface area (TPSA) is 30.8 Å². The maximum Gasteiger partial charge on any atom is 0.106 e. The van der Waals surface area contributed by atoms with E-state index in [0.717, 1.165) is 16.8 Å². The number of nitrogens with zero attached hydrogens (tertiary/aromatic N) is 1. The first-order chi connectivity index (χ1) is 7.79. The van der Waals surface area contributed by atoms with Crippen LogP contribution < -0.4 is 0 Å². The van der Waals surface area contributed by atoms with E-state index in [1.54, 1.807) is 14.2 Å². The molecule has 0 unspecified atom stereocenters. The lowest BCUT2D eigenvalue weighted by atomic mass is 10.0. The van der Waals surface area contributed by atoms with Crippen LogP contribution >= 0.6 is 0 Å². The summed E-state index contributed by atoms with van der Waals surface area (Å²) in [7, 11) is 3.22. The number of oxime groups is 1. The van der Waals surface area contributed by atoms with Crippen LogP contribution in [0.5, 0.6) is 0 Å². The summed E-state index contributed by atoms with van der Waals surface area (Å²) in [5, 5.41) is 3.90. The molecule has 1 aromatic carbocycles. The van der Waals surface area contributed by atoms with Crippen molar-refractivity contribution in [1.82, 2.24) is 0 Å². The molecule has 0 bridgehead atoms. The molecule has 16 heavy (non-hydrogen) atoms. The van der Waals surface area contributed by atoms with Gasteiger partial charge in [0.05, 0.1) is 12.3 Å². The molecule has 0 aliphatic carbocycles. The van der Waals surface area contributed by atoms with Gasteiger partial charge in [-0.05, 0) is 12.5 Å². The monoisotopic (exact) mass is 223 g/mol. The van der Waals surface area contributed by atoms with Gasteiger partial charge in [0, 0.05) is 12.7 Å². The predicted octanol–water partition coefficient (Wildman–Crippen LogP) is 3.23. The van der Waals surface area contributed by atoms with E-state index in [1.807, 2.05) is 45.0 Å². The van der Waals surface area contributed by atoms with E-state index in [-0.39, 0.29) is 0 Å². The normalized spacial score (nSPS) is 10.4. The second-order valence-electron chi connectivity index (χ2n) is 2.95. The van der Waals surface area contributed by atoms with E-state index in [2.05, 4.69) is 5.16 Å². The van der Waals surface area contributed by atoms with Crippen molar-refractivity contribution in [2.45, 2.75) is 27.4 Å². The van der Waals surface area contributed by atoms with Crippen molar-refractivity contribution in [3.63, 3.8) is 0 Å².